The molecule has 0 aromatic carbocycles. The maximum atomic E-state index is 11.8. The van der Waals surface area contributed by atoms with Crippen LogP contribution in [0.5, 0.6) is 0 Å². The molecule has 112 valence electrons. The maximum Gasteiger partial charge on any atom is 0.227 e. The molecule has 0 bridgehead atoms. The van der Waals surface area contributed by atoms with Crippen molar-refractivity contribution in [2.45, 2.75) is 33.6 Å². The van der Waals surface area contributed by atoms with E-state index in [1.807, 2.05) is 40.8 Å². The van der Waals surface area contributed by atoms with Crippen LogP contribution in [-0.2, 0) is 4.79 Å². The number of amides is 1. The van der Waals surface area contributed by atoms with Crippen molar-refractivity contribution in [2.24, 2.45) is 5.41 Å². The number of rotatable bonds is 6. The van der Waals surface area contributed by atoms with Gasteiger partial charge in [-0.3, -0.25) is 4.79 Å². The highest BCUT2D eigenvalue weighted by atomic mass is 16.2. The highest BCUT2D eigenvalue weighted by molar-refractivity contribution is 5.82. The molecular weight excluding hydrogens is 254 g/mol. The van der Waals surface area contributed by atoms with E-state index in [0.717, 1.165) is 17.5 Å². The fourth-order valence-corrected chi connectivity index (χ4v) is 1.67. The van der Waals surface area contributed by atoms with Crippen LogP contribution in [0.25, 0.3) is 0 Å². The van der Waals surface area contributed by atoms with Crippen LogP contribution in [0.3, 0.4) is 0 Å². The van der Waals surface area contributed by atoms with Gasteiger partial charge in [-0.15, -0.1) is 0 Å². The summed E-state index contributed by atoms with van der Waals surface area (Å²) in [5.74, 6) is 2.51. The number of carbonyl (C=O) groups excluding carboxylic acids is 1. The van der Waals surface area contributed by atoms with Crippen molar-refractivity contribution >= 4 is 17.5 Å². The molecule has 0 radical (unpaired) electrons. The molecule has 6 heteroatoms. The van der Waals surface area contributed by atoms with E-state index in [0.29, 0.717) is 6.54 Å². The van der Waals surface area contributed by atoms with Crippen molar-refractivity contribution in [1.82, 2.24) is 15.3 Å². The minimum Gasteiger partial charge on any atom is -0.373 e. The Morgan fingerprint density at radius 1 is 1.25 bits per heavy atom. The Balaban J connectivity index is 2.87. The van der Waals surface area contributed by atoms with Crippen molar-refractivity contribution in [3.63, 3.8) is 0 Å². The maximum absolute atomic E-state index is 11.8. The van der Waals surface area contributed by atoms with E-state index in [9.17, 15) is 4.79 Å². The van der Waals surface area contributed by atoms with Gasteiger partial charge >= 0.3 is 0 Å². The van der Waals surface area contributed by atoms with E-state index >= 15 is 0 Å². The molecule has 0 unspecified atom stereocenters. The van der Waals surface area contributed by atoms with Gasteiger partial charge in [-0.1, -0.05) is 13.8 Å². The van der Waals surface area contributed by atoms with Crippen LogP contribution < -0.4 is 16.0 Å². The Hall–Kier alpha value is -1.85. The highest BCUT2D eigenvalue weighted by Crippen LogP contribution is 2.19. The first-order valence-electron chi connectivity index (χ1n) is 6.83. The minimum atomic E-state index is -0.502. The molecule has 1 aromatic rings. The molecule has 0 aliphatic carbocycles. The van der Waals surface area contributed by atoms with Gasteiger partial charge in [0.25, 0.3) is 0 Å². The molecule has 0 saturated heterocycles. The molecule has 3 N–H and O–H groups in total. The summed E-state index contributed by atoms with van der Waals surface area (Å²) >= 11 is 0. The van der Waals surface area contributed by atoms with E-state index in [2.05, 4.69) is 25.9 Å². The minimum absolute atomic E-state index is 0.00280. The molecule has 0 aliphatic rings. The fraction of sp³-hybridized carbons (Fsp3) is 0.643. The van der Waals surface area contributed by atoms with Crippen molar-refractivity contribution in [3.8, 4) is 0 Å². The molecule has 0 spiro atoms. The van der Waals surface area contributed by atoms with E-state index in [4.69, 9.17) is 0 Å². The molecule has 0 aliphatic heterocycles. The normalized spacial score (nSPS) is 11.3. The van der Waals surface area contributed by atoms with Gasteiger partial charge in [0.1, 0.15) is 17.5 Å². The van der Waals surface area contributed by atoms with E-state index < -0.39 is 5.41 Å². The average Bonchev–Trinajstić information content (AvgIpc) is 2.43. The lowest BCUT2D eigenvalue weighted by atomic mass is 9.92. The summed E-state index contributed by atoms with van der Waals surface area (Å²) in [5, 5.41) is 8.91. The largest absolute Gasteiger partial charge is 0.373 e. The Morgan fingerprint density at radius 3 is 2.35 bits per heavy atom. The van der Waals surface area contributed by atoms with Crippen molar-refractivity contribution < 1.29 is 4.79 Å². The number of nitrogens with zero attached hydrogens (tertiary/aromatic N) is 2. The van der Waals surface area contributed by atoms with Crippen LogP contribution in [-0.4, -0.2) is 36.5 Å². The molecule has 1 amide bonds. The molecule has 0 fully saturated rings. The highest BCUT2D eigenvalue weighted by Gasteiger charge is 2.26. The van der Waals surface area contributed by atoms with Gasteiger partial charge in [0.05, 0.1) is 5.41 Å². The van der Waals surface area contributed by atoms with E-state index in [-0.39, 0.29) is 11.8 Å². The SMILES string of the molecule is CNC(=O)C(C)(C)CNc1cc(NC)nc(C(C)C)n1. The number of anilines is 2. The zero-order valence-electron chi connectivity index (χ0n) is 13.2. The summed E-state index contributed by atoms with van der Waals surface area (Å²) in [5.41, 5.74) is -0.502. The lowest BCUT2D eigenvalue weighted by Gasteiger charge is -2.23. The lowest BCUT2D eigenvalue weighted by Crippen LogP contribution is -2.39. The third-order valence-electron chi connectivity index (χ3n) is 3.07. The number of carbonyl (C=O) groups is 1. The molecule has 0 atom stereocenters. The first-order valence-corrected chi connectivity index (χ1v) is 6.83. The smallest absolute Gasteiger partial charge is 0.227 e. The van der Waals surface area contributed by atoms with E-state index in [1.165, 1.54) is 0 Å². The second-order valence-corrected chi connectivity index (χ2v) is 5.72. The van der Waals surface area contributed by atoms with Gasteiger partial charge < -0.3 is 16.0 Å². The van der Waals surface area contributed by atoms with Gasteiger partial charge in [0.15, 0.2) is 0 Å². The van der Waals surface area contributed by atoms with Gasteiger partial charge in [0.2, 0.25) is 5.91 Å². The molecule has 1 rings (SSSR count). The van der Waals surface area contributed by atoms with Crippen molar-refractivity contribution in [2.75, 3.05) is 31.3 Å². The second-order valence-electron chi connectivity index (χ2n) is 5.72. The van der Waals surface area contributed by atoms with Gasteiger partial charge in [-0.05, 0) is 13.8 Å². The summed E-state index contributed by atoms with van der Waals surface area (Å²) in [4.78, 5) is 20.6. The van der Waals surface area contributed by atoms with Crippen molar-refractivity contribution in [3.05, 3.63) is 11.9 Å². The first-order chi connectivity index (χ1) is 9.30. The number of hydrogen-bond acceptors (Lipinski definition) is 5. The summed E-state index contributed by atoms with van der Waals surface area (Å²) in [6.45, 7) is 8.38. The molecule has 0 saturated carbocycles. The third kappa shape index (κ3) is 4.08. The Morgan fingerprint density at radius 2 is 1.85 bits per heavy atom. The van der Waals surface area contributed by atoms with E-state index in [1.54, 1.807) is 7.05 Å². The average molecular weight is 279 g/mol. The number of hydrogen-bond donors (Lipinski definition) is 3. The monoisotopic (exact) mass is 279 g/mol. The van der Waals surface area contributed by atoms with Crippen LogP contribution in [0, 0.1) is 5.41 Å². The summed E-state index contributed by atoms with van der Waals surface area (Å²) in [7, 11) is 3.47. The Labute approximate surface area is 120 Å². The van der Waals surface area contributed by atoms with Crippen LogP contribution in [0.4, 0.5) is 11.6 Å². The number of aromatic nitrogens is 2. The standard InChI is InChI=1S/C14H25N5O/c1-9(2)12-18-10(15-5)7-11(19-12)17-8-14(3,4)13(20)16-6/h7,9H,8H2,1-6H3,(H,16,20)(H2,15,17,18,19). The molecule has 20 heavy (non-hydrogen) atoms. The van der Waals surface area contributed by atoms with Crippen LogP contribution >= 0.6 is 0 Å². The van der Waals surface area contributed by atoms with Crippen LogP contribution in [0.15, 0.2) is 6.07 Å². The Kier molecular flexibility index (Phi) is 5.30. The molecule has 1 heterocycles. The van der Waals surface area contributed by atoms with Crippen molar-refractivity contribution in [1.29, 1.82) is 0 Å². The second kappa shape index (κ2) is 6.54. The molecular formula is C14H25N5O. The summed E-state index contributed by atoms with van der Waals surface area (Å²) < 4.78 is 0. The fourth-order valence-electron chi connectivity index (χ4n) is 1.67. The number of nitrogens with one attached hydrogen (secondary N) is 3. The van der Waals surface area contributed by atoms with Gasteiger partial charge in [0, 0.05) is 32.6 Å². The molecule has 6 nitrogen and oxygen atoms in total. The lowest BCUT2D eigenvalue weighted by molar-refractivity contribution is -0.128. The topological polar surface area (TPSA) is 78.9 Å². The zero-order chi connectivity index (χ0) is 15.3. The first kappa shape index (κ1) is 16.2. The predicted molar refractivity (Wildman–Crippen MR) is 82.0 cm³/mol. The van der Waals surface area contributed by atoms with Crippen LogP contribution in [0.2, 0.25) is 0 Å². The summed E-state index contributed by atoms with van der Waals surface area (Å²) in [6, 6.07) is 1.84. The predicted octanol–water partition coefficient (Wildman–Crippen LogP) is 1.83. The van der Waals surface area contributed by atoms with Gasteiger partial charge in [-0.25, -0.2) is 9.97 Å². The quantitative estimate of drug-likeness (QED) is 0.740. The zero-order valence-corrected chi connectivity index (χ0v) is 13.2. The van der Waals surface area contributed by atoms with Crippen LogP contribution in [0.1, 0.15) is 39.4 Å². The Bertz CT molecular complexity index is 471. The van der Waals surface area contributed by atoms with Gasteiger partial charge in [-0.2, -0.15) is 0 Å². The third-order valence-corrected chi connectivity index (χ3v) is 3.07. The molecule has 1 aromatic heterocycles. The summed E-state index contributed by atoms with van der Waals surface area (Å²) in [6.07, 6.45) is 0.